The zero-order chi connectivity index (χ0) is 21.2. The molecule has 1 fully saturated rings. The molecule has 2 aromatic rings. The number of amides is 2. The van der Waals surface area contributed by atoms with E-state index in [-0.39, 0.29) is 18.0 Å². The molecule has 2 amide bonds. The third-order valence-electron chi connectivity index (χ3n) is 5.09. The molecule has 1 atom stereocenters. The number of hydrogen-bond acceptors (Lipinski definition) is 4. The first-order valence-corrected chi connectivity index (χ1v) is 10.4. The Morgan fingerprint density at radius 2 is 1.77 bits per heavy atom. The molecule has 1 saturated heterocycles. The summed E-state index contributed by atoms with van der Waals surface area (Å²) in [6.45, 7) is 4.79. The zero-order valence-corrected chi connectivity index (χ0v) is 17.3. The van der Waals surface area contributed by atoms with Crippen molar-refractivity contribution in [2.75, 3.05) is 31.6 Å². The third kappa shape index (κ3) is 6.46. The summed E-state index contributed by atoms with van der Waals surface area (Å²) in [6, 6.07) is 17.5. The average molecular weight is 408 g/mol. The molecular weight excluding hydrogens is 378 g/mol. The van der Waals surface area contributed by atoms with E-state index in [4.69, 9.17) is 4.74 Å². The van der Waals surface area contributed by atoms with Gasteiger partial charge in [0.05, 0.1) is 12.6 Å². The number of ether oxygens (including phenoxy) is 1. The van der Waals surface area contributed by atoms with Crippen molar-refractivity contribution in [3.05, 3.63) is 71.8 Å². The highest BCUT2D eigenvalue weighted by atomic mass is 16.5. The molecule has 0 saturated carbocycles. The fourth-order valence-electron chi connectivity index (χ4n) is 3.58. The van der Waals surface area contributed by atoms with Crippen molar-refractivity contribution < 1.29 is 14.3 Å². The molecule has 158 valence electrons. The lowest BCUT2D eigenvalue weighted by molar-refractivity contribution is -0.137. The first-order chi connectivity index (χ1) is 14.7. The van der Waals surface area contributed by atoms with Gasteiger partial charge in [0.25, 0.3) is 0 Å². The van der Waals surface area contributed by atoms with Gasteiger partial charge in [0, 0.05) is 18.3 Å². The van der Waals surface area contributed by atoms with E-state index in [9.17, 15) is 9.59 Å². The molecule has 2 N–H and O–H groups in total. The van der Waals surface area contributed by atoms with E-state index in [0.29, 0.717) is 18.8 Å². The summed E-state index contributed by atoms with van der Waals surface area (Å²) in [5.41, 5.74) is 2.77. The molecule has 0 radical (unpaired) electrons. The van der Waals surface area contributed by atoms with Gasteiger partial charge in [-0.1, -0.05) is 42.5 Å². The minimum Gasteiger partial charge on any atom is -0.463 e. The van der Waals surface area contributed by atoms with Crippen LogP contribution in [0.5, 0.6) is 0 Å². The van der Waals surface area contributed by atoms with Crippen LogP contribution in [-0.4, -0.2) is 43.1 Å². The summed E-state index contributed by atoms with van der Waals surface area (Å²) >= 11 is 0. The summed E-state index contributed by atoms with van der Waals surface area (Å²) in [5, 5.41) is 5.88. The minimum atomic E-state index is -0.370. The lowest BCUT2D eigenvalue weighted by Gasteiger charge is -2.28. The molecule has 0 spiro atoms. The van der Waals surface area contributed by atoms with Gasteiger partial charge in [-0.2, -0.15) is 0 Å². The van der Waals surface area contributed by atoms with Gasteiger partial charge in [-0.25, -0.2) is 9.59 Å². The SMILES string of the molecule is CCOC(=O)/C=C/c1ccc(NC(=O)NCC(c2ccccc2)N2CCCC2)cc1. The minimum absolute atomic E-state index is 0.176. The highest BCUT2D eigenvalue weighted by Crippen LogP contribution is 2.24. The van der Waals surface area contributed by atoms with E-state index in [1.54, 1.807) is 25.1 Å². The molecule has 1 heterocycles. The van der Waals surface area contributed by atoms with Crippen LogP contribution >= 0.6 is 0 Å². The van der Waals surface area contributed by atoms with Crippen molar-refractivity contribution in [1.29, 1.82) is 0 Å². The Kier molecular flexibility index (Phi) is 8.03. The fraction of sp³-hybridized carbons (Fsp3) is 0.333. The number of hydrogen-bond donors (Lipinski definition) is 2. The van der Waals surface area contributed by atoms with Crippen LogP contribution in [0.15, 0.2) is 60.7 Å². The Labute approximate surface area is 177 Å². The number of nitrogens with one attached hydrogen (secondary N) is 2. The maximum atomic E-state index is 12.4. The predicted molar refractivity (Wildman–Crippen MR) is 119 cm³/mol. The van der Waals surface area contributed by atoms with Crippen molar-refractivity contribution in [3.8, 4) is 0 Å². The summed E-state index contributed by atoms with van der Waals surface area (Å²) in [7, 11) is 0. The number of carbonyl (C=O) groups excluding carboxylic acids is 2. The highest BCUT2D eigenvalue weighted by Gasteiger charge is 2.23. The fourth-order valence-corrected chi connectivity index (χ4v) is 3.58. The van der Waals surface area contributed by atoms with Gasteiger partial charge in [0.15, 0.2) is 0 Å². The first kappa shape index (κ1) is 21.6. The molecule has 30 heavy (non-hydrogen) atoms. The highest BCUT2D eigenvalue weighted by molar-refractivity contribution is 5.90. The van der Waals surface area contributed by atoms with E-state index < -0.39 is 0 Å². The summed E-state index contributed by atoms with van der Waals surface area (Å²) in [6.07, 6.45) is 5.47. The number of esters is 1. The van der Waals surface area contributed by atoms with Crippen LogP contribution in [0, 0.1) is 0 Å². The van der Waals surface area contributed by atoms with E-state index in [2.05, 4.69) is 27.7 Å². The van der Waals surface area contributed by atoms with Crippen LogP contribution in [-0.2, 0) is 9.53 Å². The van der Waals surface area contributed by atoms with Crippen LogP contribution in [0.3, 0.4) is 0 Å². The maximum absolute atomic E-state index is 12.4. The van der Waals surface area contributed by atoms with E-state index in [1.807, 2.05) is 30.3 Å². The van der Waals surface area contributed by atoms with Crippen LogP contribution < -0.4 is 10.6 Å². The largest absolute Gasteiger partial charge is 0.463 e. The molecule has 1 aliphatic heterocycles. The third-order valence-corrected chi connectivity index (χ3v) is 5.09. The zero-order valence-electron chi connectivity index (χ0n) is 17.3. The normalized spacial score (nSPS) is 15.1. The molecule has 0 bridgehead atoms. The number of nitrogens with zero attached hydrogens (tertiary/aromatic N) is 1. The molecule has 6 heteroatoms. The Balaban J connectivity index is 1.53. The molecule has 2 aromatic carbocycles. The average Bonchev–Trinajstić information content (AvgIpc) is 3.29. The van der Waals surface area contributed by atoms with Gasteiger partial charge < -0.3 is 15.4 Å². The quantitative estimate of drug-likeness (QED) is 0.508. The molecular formula is C24H29N3O3. The van der Waals surface area contributed by atoms with Gasteiger partial charge in [-0.3, -0.25) is 4.90 Å². The van der Waals surface area contributed by atoms with E-state index in [0.717, 1.165) is 18.7 Å². The molecule has 0 aliphatic carbocycles. The first-order valence-electron chi connectivity index (χ1n) is 10.4. The number of carbonyl (C=O) groups is 2. The smallest absolute Gasteiger partial charge is 0.330 e. The topological polar surface area (TPSA) is 70.7 Å². The van der Waals surface area contributed by atoms with Crippen molar-refractivity contribution >= 4 is 23.8 Å². The molecule has 0 aromatic heterocycles. The van der Waals surface area contributed by atoms with Crippen molar-refractivity contribution in [3.63, 3.8) is 0 Å². The second kappa shape index (κ2) is 11.2. The maximum Gasteiger partial charge on any atom is 0.330 e. The lowest BCUT2D eigenvalue weighted by atomic mass is 10.1. The lowest BCUT2D eigenvalue weighted by Crippen LogP contribution is -2.38. The number of anilines is 1. The predicted octanol–water partition coefficient (Wildman–Crippen LogP) is 4.22. The van der Waals surface area contributed by atoms with Gasteiger partial charge in [-0.05, 0) is 62.2 Å². The van der Waals surface area contributed by atoms with Crippen LogP contribution in [0.1, 0.15) is 36.9 Å². The Bertz CT molecular complexity index is 844. The van der Waals surface area contributed by atoms with E-state index >= 15 is 0 Å². The monoisotopic (exact) mass is 407 g/mol. The number of rotatable bonds is 8. The van der Waals surface area contributed by atoms with Gasteiger partial charge >= 0.3 is 12.0 Å². The van der Waals surface area contributed by atoms with Gasteiger partial charge in [-0.15, -0.1) is 0 Å². The van der Waals surface area contributed by atoms with Crippen molar-refractivity contribution in [2.24, 2.45) is 0 Å². The number of likely N-dealkylation sites (tertiary alicyclic amines) is 1. The van der Waals surface area contributed by atoms with Crippen LogP contribution in [0.2, 0.25) is 0 Å². The summed E-state index contributed by atoms with van der Waals surface area (Å²) in [4.78, 5) is 26.2. The summed E-state index contributed by atoms with van der Waals surface area (Å²) in [5.74, 6) is -0.370. The van der Waals surface area contributed by atoms with Crippen molar-refractivity contribution in [1.82, 2.24) is 10.2 Å². The number of benzene rings is 2. The van der Waals surface area contributed by atoms with Gasteiger partial charge in [0.1, 0.15) is 0 Å². The second-order valence-electron chi connectivity index (χ2n) is 7.21. The molecule has 1 aliphatic rings. The van der Waals surface area contributed by atoms with Crippen LogP contribution in [0.4, 0.5) is 10.5 Å². The Morgan fingerprint density at radius 3 is 2.43 bits per heavy atom. The summed E-state index contributed by atoms with van der Waals surface area (Å²) < 4.78 is 4.86. The standard InChI is InChI=1S/C24H29N3O3/c1-2-30-23(28)15-12-19-10-13-21(14-11-19)26-24(29)25-18-22(27-16-6-7-17-27)20-8-4-3-5-9-20/h3-5,8-15,22H,2,6-7,16-18H2,1H3,(H2,25,26,29)/b15-12+. The Morgan fingerprint density at radius 1 is 1.07 bits per heavy atom. The molecule has 6 nitrogen and oxygen atoms in total. The van der Waals surface area contributed by atoms with Gasteiger partial charge in [0.2, 0.25) is 0 Å². The Hall–Kier alpha value is -3.12. The second-order valence-corrected chi connectivity index (χ2v) is 7.21. The molecule has 1 unspecified atom stereocenters. The molecule has 3 rings (SSSR count). The van der Waals surface area contributed by atoms with E-state index in [1.165, 1.54) is 24.5 Å². The van der Waals surface area contributed by atoms with Crippen molar-refractivity contribution in [2.45, 2.75) is 25.8 Å². The number of urea groups is 1. The van der Waals surface area contributed by atoms with Crippen LogP contribution in [0.25, 0.3) is 6.08 Å².